The van der Waals surface area contributed by atoms with Crippen LogP contribution in [0.4, 0.5) is 0 Å². The predicted octanol–water partition coefficient (Wildman–Crippen LogP) is 2.34. The highest BCUT2D eigenvalue weighted by atomic mass is 32.2. The second-order valence-electron chi connectivity index (χ2n) is 6.58. The van der Waals surface area contributed by atoms with E-state index in [1.165, 1.54) is 20.0 Å². The Morgan fingerprint density at radius 3 is 2.71 bits per heavy atom. The standard InChI is InChI=1S/C16H29NO3S/c1-11(18)12(2)21-10-8-13-5-4-9-16(13,15(19)20-3)17-14-6-7-14/h11-14,17-18H,4-10H2,1-3H3. The molecule has 4 atom stereocenters. The van der Waals surface area contributed by atoms with Crippen molar-refractivity contribution in [2.75, 3.05) is 12.9 Å². The molecule has 2 N–H and O–H groups in total. The molecule has 2 aliphatic carbocycles. The number of hydrogen-bond acceptors (Lipinski definition) is 5. The molecule has 0 saturated heterocycles. The average Bonchev–Trinajstić information content (AvgIpc) is 3.18. The van der Waals surface area contributed by atoms with Crippen LogP contribution < -0.4 is 5.32 Å². The number of carbonyl (C=O) groups excluding carboxylic acids is 1. The Morgan fingerprint density at radius 1 is 1.43 bits per heavy atom. The fourth-order valence-corrected chi connectivity index (χ4v) is 4.37. The molecule has 5 heteroatoms. The lowest BCUT2D eigenvalue weighted by Crippen LogP contribution is -2.56. The molecular formula is C16H29NO3S. The summed E-state index contributed by atoms with van der Waals surface area (Å²) in [6, 6.07) is 0.508. The molecule has 0 aromatic carbocycles. The lowest BCUT2D eigenvalue weighted by molar-refractivity contribution is -0.150. The molecule has 21 heavy (non-hydrogen) atoms. The molecule has 0 spiro atoms. The van der Waals surface area contributed by atoms with Crippen molar-refractivity contribution in [1.82, 2.24) is 5.32 Å². The third-order valence-corrected chi connectivity index (χ3v) is 6.33. The van der Waals surface area contributed by atoms with E-state index in [-0.39, 0.29) is 17.3 Å². The quantitative estimate of drug-likeness (QED) is 0.673. The van der Waals surface area contributed by atoms with Gasteiger partial charge in [0, 0.05) is 11.3 Å². The molecule has 0 bridgehead atoms. The minimum Gasteiger partial charge on any atom is -0.468 e. The molecule has 2 aliphatic rings. The second-order valence-corrected chi connectivity index (χ2v) is 8.06. The van der Waals surface area contributed by atoms with Crippen LogP contribution >= 0.6 is 11.8 Å². The van der Waals surface area contributed by atoms with E-state index in [9.17, 15) is 9.90 Å². The third-order valence-electron chi connectivity index (χ3n) is 4.94. The van der Waals surface area contributed by atoms with Gasteiger partial charge in [0.2, 0.25) is 0 Å². The highest BCUT2D eigenvalue weighted by molar-refractivity contribution is 7.99. The maximum absolute atomic E-state index is 12.4. The summed E-state index contributed by atoms with van der Waals surface area (Å²) in [6.45, 7) is 3.89. The summed E-state index contributed by atoms with van der Waals surface area (Å²) < 4.78 is 5.11. The van der Waals surface area contributed by atoms with Crippen LogP contribution in [0.15, 0.2) is 0 Å². The van der Waals surface area contributed by atoms with Crippen LogP contribution in [0.25, 0.3) is 0 Å². The number of carbonyl (C=O) groups is 1. The monoisotopic (exact) mass is 315 g/mol. The summed E-state index contributed by atoms with van der Waals surface area (Å²) in [7, 11) is 1.50. The molecule has 0 radical (unpaired) electrons. The van der Waals surface area contributed by atoms with Crippen molar-refractivity contribution in [3.05, 3.63) is 0 Å². The van der Waals surface area contributed by atoms with Crippen molar-refractivity contribution in [2.45, 2.75) is 75.3 Å². The van der Waals surface area contributed by atoms with Gasteiger partial charge in [0.15, 0.2) is 0 Å². The number of esters is 1. The van der Waals surface area contributed by atoms with E-state index in [0.717, 1.165) is 31.4 Å². The Balaban J connectivity index is 1.93. The summed E-state index contributed by atoms with van der Waals surface area (Å²) in [6.07, 6.45) is 6.18. The first-order valence-corrected chi connectivity index (χ1v) is 9.20. The average molecular weight is 315 g/mol. The van der Waals surface area contributed by atoms with Crippen LogP contribution in [-0.4, -0.2) is 46.9 Å². The SMILES string of the molecule is COC(=O)C1(NC2CC2)CCCC1CCSC(C)C(C)O. The van der Waals surface area contributed by atoms with Crippen molar-refractivity contribution in [3.63, 3.8) is 0 Å². The van der Waals surface area contributed by atoms with Crippen LogP contribution in [0.1, 0.15) is 52.4 Å². The predicted molar refractivity (Wildman–Crippen MR) is 86.5 cm³/mol. The van der Waals surface area contributed by atoms with E-state index in [1.54, 1.807) is 11.8 Å². The van der Waals surface area contributed by atoms with Crippen LogP contribution in [0, 0.1) is 5.92 Å². The molecule has 0 aromatic rings. The molecule has 4 nitrogen and oxygen atoms in total. The Morgan fingerprint density at radius 2 is 2.14 bits per heavy atom. The van der Waals surface area contributed by atoms with Gasteiger partial charge < -0.3 is 9.84 Å². The number of aliphatic hydroxyl groups is 1. The number of ether oxygens (including phenoxy) is 1. The van der Waals surface area contributed by atoms with Crippen LogP contribution in [0.3, 0.4) is 0 Å². The molecule has 0 amide bonds. The summed E-state index contributed by atoms with van der Waals surface area (Å²) in [5.74, 6) is 1.27. The highest BCUT2D eigenvalue weighted by Gasteiger charge is 2.51. The van der Waals surface area contributed by atoms with Crippen molar-refractivity contribution < 1.29 is 14.6 Å². The number of methoxy groups -OCH3 is 1. The lowest BCUT2D eigenvalue weighted by Gasteiger charge is -2.34. The summed E-state index contributed by atoms with van der Waals surface area (Å²) in [4.78, 5) is 12.4. The maximum Gasteiger partial charge on any atom is 0.326 e. The fraction of sp³-hybridized carbons (Fsp3) is 0.938. The molecule has 2 saturated carbocycles. The maximum atomic E-state index is 12.4. The molecule has 4 unspecified atom stereocenters. The van der Waals surface area contributed by atoms with E-state index in [2.05, 4.69) is 12.2 Å². The molecule has 0 heterocycles. The van der Waals surface area contributed by atoms with Gasteiger partial charge in [-0.3, -0.25) is 10.1 Å². The Bertz CT molecular complexity index is 359. The van der Waals surface area contributed by atoms with Gasteiger partial charge in [-0.05, 0) is 50.7 Å². The highest BCUT2D eigenvalue weighted by Crippen LogP contribution is 2.42. The van der Waals surface area contributed by atoms with Crippen molar-refractivity contribution in [2.24, 2.45) is 5.92 Å². The van der Waals surface area contributed by atoms with Crippen molar-refractivity contribution in [3.8, 4) is 0 Å². The van der Waals surface area contributed by atoms with Gasteiger partial charge in [0.25, 0.3) is 0 Å². The first-order valence-electron chi connectivity index (χ1n) is 8.15. The van der Waals surface area contributed by atoms with Gasteiger partial charge in [0.1, 0.15) is 5.54 Å². The van der Waals surface area contributed by atoms with Gasteiger partial charge >= 0.3 is 5.97 Å². The van der Waals surface area contributed by atoms with Crippen molar-refractivity contribution >= 4 is 17.7 Å². The van der Waals surface area contributed by atoms with E-state index >= 15 is 0 Å². The summed E-state index contributed by atoms with van der Waals surface area (Å²) in [5.41, 5.74) is -0.454. The molecule has 0 aromatic heterocycles. The molecule has 2 rings (SSSR count). The summed E-state index contributed by atoms with van der Waals surface area (Å²) in [5, 5.41) is 13.4. The van der Waals surface area contributed by atoms with E-state index in [1.807, 2.05) is 6.92 Å². The first-order chi connectivity index (χ1) is 9.99. The van der Waals surface area contributed by atoms with Gasteiger partial charge in [-0.25, -0.2) is 0 Å². The number of thioether (sulfide) groups is 1. The van der Waals surface area contributed by atoms with Gasteiger partial charge in [-0.15, -0.1) is 0 Å². The number of hydrogen-bond donors (Lipinski definition) is 2. The van der Waals surface area contributed by atoms with Gasteiger partial charge in [-0.2, -0.15) is 11.8 Å². The number of rotatable bonds is 8. The number of aliphatic hydroxyl groups excluding tert-OH is 1. The largest absolute Gasteiger partial charge is 0.468 e. The minimum atomic E-state index is -0.454. The molecule has 2 fully saturated rings. The molecular weight excluding hydrogens is 286 g/mol. The Hall–Kier alpha value is -0.260. The smallest absolute Gasteiger partial charge is 0.326 e. The second kappa shape index (κ2) is 7.34. The van der Waals surface area contributed by atoms with Crippen LogP contribution in [0.2, 0.25) is 0 Å². The normalized spacial score (nSPS) is 31.9. The van der Waals surface area contributed by atoms with Crippen molar-refractivity contribution in [1.29, 1.82) is 0 Å². The Kier molecular flexibility index (Phi) is 5.97. The van der Waals surface area contributed by atoms with Gasteiger partial charge in [-0.1, -0.05) is 13.3 Å². The fourth-order valence-electron chi connectivity index (χ4n) is 3.30. The Labute approximate surface area is 132 Å². The van der Waals surface area contributed by atoms with E-state index in [4.69, 9.17) is 4.74 Å². The lowest BCUT2D eigenvalue weighted by atomic mass is 9.84. The topological polar surface area (TPSA) is 58.6 Å². The summed E-state index contributed by atoms with van der Waals surface area (Å²) >= 11 is 1.80. The zero-order valence-electron chi connectivity index (χ0n) is 13.4. The third kappa shape index (κ3) is 4.14. The van der Waals surface area contributed by atoms with Crippen LogP contribution in [-0.2, 0) is 9.53 Å². The first kappa shape index (κ1) is 17.1. The molecule has 122 valence electrons. The zero-order chi connectivity index (χ0) is 15.5. The van der Waals surface area contributed by atoms with E-state index in [0.29, 0.717) is 12.0 Å². The van der Waals surface area contributed by atoms with E-state index < -0.39 is 5.54 Å². The van der Waals surface area contributed by atoms with Gasteiger partial charge in [0.05, 0.1) is 13.2 Å². The molecule has 0 aliphatic heterocycles. The van der Waals surface area contributed by atoms with Crippen LogP contribution in [0.5, 0.6) is 0 Å². The zero-order valence-corrected chi connectivity index (χ0v) is 14.2. The number of nitrogens with one attached hydrogen (secondary N) is 1. The minimum absolute atomic E-state index is 0.0783.